The molecule has 2 aromatic carbocycles. The summed E-state index contributed by atoms with van der Waals surface area (Å²) in [4.78, 5) is 12.9. The van der Waals surface area contributed by atoms with Crippen LogP contribution in [0.1, 0.15) is 57.6 Å². The molecule has 3 heterocycles. The van der Waals surface area contributed by atoms with Gasteiger partial charge in [0.15, 0.2) is 9.84 Å². The van der Waals surface area contributed by atoms with E-state index in [1.54, 1.807) is 44.3 Å². The number of ether oxygens (including phenoxy) is 1. The molecule has 1 aliphatic rings. The summed E-state index contributed by atoms with van der Waals surface area (Å²) in [5.41, 5.74) is 4.38. The SMILES string of the molecule is Cc1cc(Nc2nc(Nc3ccccc3S(=O)(=O)C(C)C)c3cc[nH]c3n2)c(OC(C)C)cc1C1CCNCC1. The van der Waals surface area contributed by atoms with Gasteiger partial charge in [0.1, 0.15) is 17.2 Å². The van der Waals surface area contributed by atoms with Crippen molar-refractivity contribution in [2.75, 3.05) is 23.7 Å². The van der Waals surface area contributed by atoms with Crippen LogP contribution in [-0.2, 0) is 9.84 Å². The predicted molar refractivity (Wildman–Crippen MR) is 161 cm³/mol. The number of aryl methyl sites for hydroxylation is 1. The minimum Gasteiger partial charge on any atom is -0.489 e. The number of benzene rings is 2. The molecule has 0 unspecified atom stereocenters. The van der Waals surface area contributed by atoms with Crippen molar-refractivity contribution in [3.05, 3.63) is 59.8 Å². The summed E-state index contributed by atoms with van der Waals surface area (Å²) in [6.07, 6.45) is 3.98. The molecule has 0 bridgehead atoms. The fourth-order valence-electron chi connectivity index (χ4n) is 5.14. The summed E-state index contributed by atoms with van der Waals surface area (Å²) in [5.74, 6) is 2.11. The molecule has 2 aromatic heterocycles. The molecule has 1 fully saturated rings. The lowest BCUT2D eigenvalue weighted by Crippen LogP contribution is -2.27. The highest BCUT2D eigenvalue weighted by molar-refractivity contribution is 7.92. The van der Waals surface area contributed by atoms with Gasteiger partial charge < -0.3 is 25.7 Å². The summed E-state index contributed by atoms with van der Waals surface area (Å²) in [6, 6.07) is 13.0. The Morgan fingerprint density at radius 3 is 2.45 bits per heavy atom. The van der Waals surface area contributed by atoms with Gasteiger partial charge in [-0.15, -0.1) is 0 Å². The van der Waals surface area contributed by atoms with Crippen molar-refractivity contribution in [2.24, 2.45) is 0 Å². The normalized spacial score (nSPS) is 14.7. The number of piperidine rings is 1. The lowest BCUT2D eigenvalue weighted by Gasteiger charge is -2.26. The summed E-state index contributed by atoms with van der Waals surface area (Å²) < 4.78 is 32.4. The van der Waals surface area contributed by atoms with Gasteiger partial charge in [0.25, 0.3) is 0 Å². The number of fused-ring (bicyclic) bond motifs is 1. The highest BCUT2D eigenvalue weighted by Gasteiger charge is 2.24. The smallest absolute Gasteiger partial charge is 0.231 e. The number of para-hydroxylation sites is 1. The fraction of sp³-hybridized carbons (Fsp3) is 0.400. The summed E-state index contributed by atoms with van der Waals surface area (Å²) in [5, 5.41) is 10.3. The number of hydrogen-bond donors (Lipinski definition) is 4. The van der Waals surface area contributed by atoms with E-state index < -0.39 is 15.1 Å². The zero-order valence-corrected chi connectivity index (χ0v) is 24.5. The number of hydrogen-bond acceptors (Lipinski definition) is 8. The molecule has 1 saturated heterocycles. The van der Waals surface area contributed by atoms with Crippen LogP contribution in [-0.4, -0.2) is 47.8 Å². The van der Waals surface area contributed by atoms with Crippen molar-refractivity contribution in [3.63, 3.8) is 0 Å². The second-order valence-electron chi connectivity index (χ2n) is 10.9. The Balaban J connectivity index is 1.53. The quantitative estimate of drug-likeness (QED) is 0.191. The van der Waals surface area contributed by atoms with Crippen LogP contribution in [0.5, 0.6) is 5.75 Å². The Labute approximate surface area is 236 Å². The van der Waals surface area contributed by atoms with Gasteiger partial charge in [-0.3, -0.25) is 0 Å². The first-order valence-electron chi connectivity index (χ1n) is 13.9. The van der Waals surface area contributed by atoms with Gasteiger partial charge in [-0.1, -0.05) is 12.1 Å². The molecule has 4 aromatic rings. The van der Waals surface area contributed by atoms with Gasteiger partial charge in [0, 0.05) is 6.20 Å². The van der Waals surface area contributed by atoms with Gasteiger partial charge in [0.05, 0.1) is 33.0 Å². The van der Waals surface area contributed by atoms with Gasteiger partial charge >= 0.3 is 0 Å². The standard InChI is InChI=1S/C30H38N6O3S/c1-18(2)39-26-17-23(21-10-13-31-14-11-21)20(5)16-25(26)34-30-35-28-22(12-15-32-28)29(36-30)33-24-8-6-7-9-27(24)40(37,38)19(3)4/h6-9,12,15-19,21,31H,10-11,13-14H2,1-5H3,(H3,32,33,34,35,36). The molecular weight excluding hydrogens is 524 g/mol. The number of nitrogens with zero attached hydrogens (tertiary/aromatic N) is 2. The molecule has 0 saturated carbocycles. The van der Waals surface area contributed by atoms with Crippen molar-refractivity contribution in [1.82, 2.24) is 20.3 Å². The number of aromatic nitrogens is 3. The molecular formula is C30H38N6O3S. The minimum atomic E-state index is -3.51. The van der Waals surface area contributed by atoms with Crippen LogP contribution in [0.15, 0.2) is 53.6 Å². The number of sulfone groups is 1. The fourth-order valence-corrected chi connectivity index (χ4v) is 6.34. The maximum atomic E-state index is 13.1. The van der Waals surface area contributed by atoms with E-state index in [0.717, 1.165) is 42.8 Å². The zero-order valence-electron chi connectivity index (χ0n) is 23.7. The molecule has 0 atom stereocenters. The number of aromatic amines is 1. The predicted octanol–water partition coefficient (Wildman–Crippen LogP) is 6.19. The van der Waals surface area contributed by atoms with Crippen LogP contribution in [0, 0.1) is 6.92 Å². The monoisotopic (exact) mass is 562 g/mol. The number of rotatable bonds is 9. The first-order valence-corrected chi connectivity index (χ1v) is 15.4. The van der Waals surface area contributed by atoms with Crippen LogP contribution >= 0.6 is 0 Å². The van der Waals surface area contributed by atoms with Crippen LogP contribution in [0.2, 0.25) is 0 Å². The largest absolute Gasteiger partial charge is 0.489 e. The third-order valence-corrected chi connectivity index (χ3v) is 9.45. The van der Waals surface area contributed by atoms with E-state index in [2.05, 4.69) is 40.0 Å². The molecule has 10 heteroatoms. The molecule has 212 valence electrons. The van der Waals surface area contributed by atoms with E-state index >= 15 is 0 Å². The minimum absolute atomic E-state index is 0.00688. The van der Waals surface area contributed by atoms with Crippen LogP contribution in [0.25, 0.3) is 11.0 Å². The number of H-pyrrole nitrogens is 1. The first kappa shape index (κ1) is 27.9. The van der Waals surface area contributed by atoms with Crippen LogP contribution < -0.4 is 20.7 Å². The third kappa shape index (κ3) is 5.78. The van der Waals surface area contributed by atoms with E-state index in [9.17, 15) is 8.42 Å². The van der Waals surface area contributed by atoms with E-state index in [-0.39, 0.29) is 11.0 Å². The van der Waals surface area contributed by atoms with Gasteiger partial charge in [0.2, 0.25) is 5.95 Å². The van der Waals surface area contributed by atoms with E-state index in [1.165, 1.54) is 11.1 Å². The lowest BCUT2D eigenvalue weighted by molar-refractivity contribution is 0.243. The second-order valence-corrected chi connectivity index (χ2v) is 13.3. The molecule has 0 radical (unpaired) electrons. The van der Waals surface area contributed by atoms with E-state index in [4.69, 9.17) is 14.7 Å². The van der Waals surface area contributed by atoms with Crippen molar-refractivity contribution >= 4 is 44.0 Å². The highest BCUT2D eigenvalue weighted by Crippen LogP contribution is 2.38. The van der Waals surface area contributed by atoms with Gasteiger partial charge in [-0.2, -0.15) is 9.97 Å². The lowest BCUT2D eigenvalue weighted by atomic mass is 9.87. The van der Waals surface area contributed by atoms with Crippen molar-refractivity contribution < 1.29 is 13.2 Å². The number of nitrogens with one attached hydrogen (secondary N) is 4. The molecule has 0 aliphatic carbocycles. The first-order chi connectivity index (χ1) is 19.1. The Hall–Kier alpha value is -3.63. The average molecular weight is 563 g/mol. The van der Waals surface area contributed by atoms with Crippen molar-refractivity contribution in [2.45, 2.75) is 69.6 Å². The molecule has 4 N–H and O–H groups in total. The molecule has 5 rings (SSSR count). The Bertz CT molecular complexity index is 1610. The van der Waals surface area contributed by atoms with Crippen LogP contribution in [0.3, 0.4) is 0 Å². The molecule has 1 aliphatic heterocycles. The number of anilines is 4. The summed E-state index contributed by atoms with van der Waals surface area (Å²) >= 11 is 0. The second kappa shape index (κ2) is 11.5. The van der Waals surface area contributed by atoms with E-state index in [0.29, 0.717) is 29.0 Å². The topological polar surface area (TPSA) is 121 Å². The Morgan fingerprint density at radius 1 is 0.975 bits per heavy atom. The third-order valence-electron chi connectivity index (χ3n) is 7.24. The van der Waals surface area contributed by atoms with Crippen molar-refractivity contribution in [1.29, 1.82) is 0 Å². The van der Waals surface area contributed by atoms with E-state index in [1.807, 2.05) is 19.9 Å². The molecule has 0 spiro atoms. The zero-order chi connectivity index (χ0) is 28.4. The maximum absolute atomic E-state index is 13.1. The molecule has 0 amide bonds. The Kier molecular flexibility index (Phi) is 8.00. The van der Waals surface area contributed by atoms with Gasteiger partial charge in [-0.05, 0) is 108 Å². The Morgan fingerprint density at radius 2 is 1.73 bits per heavy atom. The van der Waals surface area contributed by atoms with Crippen LogP contribution in [0.4, 0.5) is 23.1 Å². The molecule has 40 heavy (non-hydrogen) atoms. The van der Waals surface area contributed by atoms with Crippen molar-refractivity contribution in [3.8, 4) is 5.75 Å². The summed E-state index contributed by atoms with van der Waals surface area (Å²) in [7, 11) is -3.51. The van der Waals surface area contributed by atoms with Gasteiger partial charge in [-0.25, -0.2) is 8.42 Å². The highest BCUT2D eigenvalue weighted by atomic mass is 32.2. The average Bonchev–Trinajstić information content (AvgIpc) is 3.40. The summed E-state index contributed by atoms with van der Waals surface area (Å²) in [6.45, 7) is 11.6. The maximum Gasteiger partial charge on any atom is 0.231 e. The molecule has 9 nitrogen and oxygen atoms in total.